The van der Waals surface area contributed by atoms with Crippen LogP contribution in [0.3, 0.4) is 0 Å². The summed E-state index contributed by atoms with van der Waals surface area (Å²) < 4.78 is 26.8. The highest BCUT2D eigenvalue weighted by Gasteiger charge is 2.19. The SMILES string of the molecule is CNC(c1ccc(F)cc1F)c1cc(Cl)ccc1Cl. The summed E-state index contributed by atoms with van der Waals surface area (Å²) in [4.78, 5) is 0. The van der Waals surface area contributed by atoms with Gasteiger partial charge in [-0.25, -0.2) is 8.78 Å². The lowest BCUT2D eigenvalue weighted by molar-refractivity contribution is 0.552. The fourth-order valence-electron chi connectivity index (χ4n) is 1.95. The third kappa shape index (κ3) is 3.06. The molecule has 2 aromatic rings. The molecule has 0 spiro atoms. The highest BCUT2D eigenvalue weighted by molar-refractivity contribution is 6.33. The minimum atomic E-state index is -0.629. The Bertz CT molecular complexity index is 602. The average Bonchev–Trinajstić information content (AvgIpc) is 2.36. The normalized spacial score (nSPS) is 12.5. The van der Waals surface area contributed by atoms with Crippen molar-refractivity contribution in [2.75, 3.05) is 7.05 Å². The summed E-state index contributed by atoms with van der Waals surface area (Å²) in [6.45, 7) is 0. The summed E-state index contributed by atoms with van der Waals surface area (Å²) in [7, 11) is 1.67. The van der Waals surface area contributed by atoms with Crippen LogP contribution in [0.25, 0.3) is 0 Å². The molecule has 19 heavy (non-hydrogen) atoms. The molecule has 0 bridgehead atoms. The summed E-state index contributed by atoms with van der Waals surface area (Å²) in [6.07, 6.45) is 0. The van der Waals surface area contributed by atoms with Gasteiger partial charge in [0.15, 0.2) is 0 Å². The summed E-state index contributed by atoms with van der Waals surface area (Å²) >= 11 is 12.0. The number of halogens is 4. The van der Waals surface area contributed by atoms with E-state index in [2.05, 4.69) is 5.32 Å². The van der Waals surface area contributed by atoms with Gasteiger partial charge in [0.1, 0.15) is 11.6 Å². The summed E-state index contributed by atoms with van der Waals surface area (Å²) in [5.41, 5.74) is 0.954. The van der Waals surface area contributed by atoms with Gasteiger partial charge in [-0.3, -0.25) is 0 Å². The molecule has 2 rings (SSSR count). The first-order valence-corrected chi connectivity index (χ1v) is 6.35. The van der Waals surface area contributed by atoms with Crippen molar-refractivity contribution < 1.29 is 8.78 Å². The summed E-state index contributed by atoms with van der Waals surface area (Å²) in [5.74, 6) is -1.25. The Labute approximate surface area is 120 Å². The standard InChI is InChI=1S/C14H11Cl2F2N/c1-19-14(10-4-3-9(17)7-13(10)18)11-6-8(15)2-5-12(11)16/h2-7,14,19H,1H3. The molecule has 0 aromatic heterocycles. The smallest absolute Gasteiger partial charge is 0.131 e. The Morgan fingerprint density at radius 1 is 1.00 bits per heavy atom. The van der Waals surface area contributed by atoms with Gasteiger partial charge in [-0.05, 0) is 36.9 Å². The predicted molar refractivity (Wildman–Crippen MR) is 73.7 cm³/mol. The lowest BCUT2D eigenvalue weighted by atomic mass is 9.98. The van der Waals surface area contributed by atoms with Gasteiger partial charge in [-0.1, -0.05) is 29.3 Å². The number of hydrogen-bond acceptors (Lipinski definition) is 1. The van der Waals surface area contributed by atoms with Gasteiger partial charge in [0.05, 0.1) is 6.04 Å². The van der Waals surface area contributed by atoms with Crippen molar-refractivity contribution in [3.8, 4) is 0 Å². The molecule has 1 unspecified atom stereocenters. The van der Waals surface area contributed by atoms with Crippen LogP contribution in [0.2, 0.25) is 10.0 Å². The Kier molecular flexibility index (Phi) is 4.40. The molecule has 1 atom stereocenters. The molecular formula is C14H11Cl2F2N. The van der Waals surface area contributed by atoms with Gasteiger partial charge in [-0.2, -0.15) is 0 Å². The number of nitrogens with one attached hydrogen (secondary N) is 1. The third-order valence-electron chi connectivity index (χ3n) is 2.83. The van der Waals surface area contributed by atoms with Crippen molar-refractivity contribution in [3.05, 3.63) is 69.2 Å². The molecule has 0 amide bonds. The van der Waals surface area contributed by atoms with Crippen molar-refractivity contribution in [1.29, 1.82) is 0 Å². The van der Waals surface area contributed by atoms with Crippen LogP contribution in [0.15, 0.2) is 36.4 Å². The summed E-state index contributed by atoms with van der Waals surface area (Å²) in [6, 6.07) is 7.91. The van der Waals surface area contributed by atoms with Gasteiger partial charge < -0.3 is 5.32 Å². The van der Waals surface area contributed by atoms with E-state index in [1.165, 1.54) is 12.1 Å². The number of hydrogen-bond donors (Lipinski definition) is 1. The zero-order valence-electron chi connectivity index (χ0n) is 10.1. The van der Waals surface area contributed by atoms with Crippen molar-refractivity contribution >= 4 is 23.2 Å². The van der Waals surface area contributed by atoms with Crippen molar-refractivity contribution in [2.45, 2.75) is 6.04 Å². The quantitative estimate of drug-likeness (QED) is 0.875. The molecule has 0 saturated carbocycles. The number of benzene rings is 2. The molecule has 0 saturated heterocycles. The maximum Gasteiger partial charge on any atom is 0.131 e. The molecule has 5 heteroatoms. The Morgan fingerprint density at radius 3 is 2.37 bits per heavy atom. The van der Waals surface area contributed by atoms with Crippen molar-refractivity contribution in [2.24, 2.45) is 0 Å². The van der Waals surface area contributed by atoms with Crippen molar-refractivity contribution in [1.82, 2.24) is 5.32 Å². The predicted octanol–water partition coefficient (Wildman–Crippen LogP) is 4.58. The van der Waals surface area contributed by atoms with E-state index < -0.39 is 17.7 Å². The minimum Gasteiger partial charge on any atom is -0.309 e. The van der Waals surface area contributed by atoms with Gasteiger partial charge in [0.2, 0.25) is 0 Å². The Morgan fingerprint density at radius 2 is 1.74 bits per heavy atom. The van der Waals surface area contributed by atoms with E-state index in [-0.39, 0.29) is 0 Å². The second kappa shape index (κ2) is 5.87. The molecule has 0 radical (unpaired) electrons. The second-order valence-corrected chi connectivity index (χ2v) is 4.90. The zero-order valence-corrected chi connectivity index (χ0v) is 11.6. The average molecular weight is 302 g/mol. The second-order valence-electron chi connectivity index (χ2n) is 4.05. The molecule has 100 valence electrons. The number of rotatable bonds is 3. The van der Waals surface area contributed by atoms with Gasteiger partial charge in [0, 0.05) is 21.7 Å². The van der Waals surface area contributed by atoms with E-state index >= 15 is 0 Å². The first-order chi connectivity index (χ1) is 9.02. The molecule has 1 N–H and O–H groups in total. The van der Waals surface area contributed by atoms with Gasteiger partial charge in [-0.15, -0.1) is 0 Å². The fraction of sp³-hybridized carbons (Fsp3) is 0.143. The van der Waals surface area contributed by atoms with Crippen LogP contribution in [0, 0.1) is 11.6 Å². The lowest BCUT2D eigenvalue weighted by Crippen LogP contribution is -2.19. The molecule has 1 nitrogen and oxygen atoms in total. The zero-order chi connectivity index (χ0) is 14.0. The van der Waals surface area contributed by atoms with Gasteiger partial charge >= 0.3 is 0 Å². The van der Waals surface area contributed by atoms with Crippen LogP contribution < -0.4 is 5.32 Å². The van der Waals surface area contributed by atoms with Crippen LogP contribution in [0.5, 0.6) is 0 Å². The van der Waals surface area contributed by atoms with Crippen molar-refractivity contribution in [3.63, 3.8) is 0 Å². The largest absolute Gasteiger partial charge is 0.309 e. The molecule has 0 heterocycles. The Balaban J connectivity index is 2.52. The molecule has 0 aliphatic heterocycles. The van der Waals surface area contributed by atoms with E-state index in [0.29, 0.717) is 21.2 Å². The van der Waals surface area contributed by atoms with E-state index in [1.54, 1.807) is 25.2 Å². The Hall–Kier alpha value is -1.16. The molecule has 0 aliphatic carbocycles. The van der Waals surface area contributed by atoms with Crippen LogP contribution >= 0.6 is 23.2 Å². The summed E-state index contributed by atoms with van der Waals surface area (Å²) in [5, 5.41) is 3.92. The monoisotopic (exact) mass is 301 g/mol. The van der Waals surface area contributed by atoms with Crippen LogP contribution in [0.4, 0.5) is 8.78 Å². The first-order valence-electron chi connectivity index (χ1n) is 5.60. The first kappa shape index (κ1) is 14.3. The highest BCUT2D eigenvalue weighted by atomic mass is 35.5. The topological polar surface area (TPSA) is 12.0 Å². The lowest BCUT2D eigenvalue weighted by Gasteiger charge is -2.19. The van der Waals surface area contributed by atoms with E-state index in [9.17, 15) is 8.78 Å². The van der Waals surface area contributed by atoms with Crippen LogP contribution in [-0.2, 0) is 0 Å². The maximum atomic E-state index is 13.8. The van der Waals surface area contributed by atoms with Crippen LogP contribution in [-0.4, -0.2) is 7.05 Å². The highest BCUT2D eigenvalue weighted by Crippen LogP contribution is 2.31. The molecule has 0 fully saturated rings. The molecular weight excluding hydrogens is 291 g/mol. The van der Waals surface area contributed by atoms with E-state index in [0.717, 1.165) is 6.07 Å². The molecule has 2 aromatic carbocycles. The van der Waals surface area contributed by atoms with Crippen LogP contribution in [0.1, 0.15) is 17.2 Å². The maximum absolute atomic E-state index is 13.8. The fourth-order valence-corrected chi connectivity index (χ4v) is 2.36. The minimum absolute atomic E-state index is 0.313. The molecule has 0 aliphatic rings. The van der Waals surface area contributed by atoms with E-state index in [4.69, 9.17) is 23.2 Å². The van der Waals surface area contributed by atoms with Gasteiger partial charge in [0.25, 0.3) is 0 Å². The van der Waals surface area contributed by atoms with E-state index in [1.807, 2.05) is 0 Å². The third-order valence-corrected chi connectivity index (χ3v) is 3.41.